The Balaban J connectivity index is 0.00000243. The predicted octanol–water partition coefficient (Wildman–Crippen LogP) is -0.174. The number of pyridine rings is 1. The number of aryl methyl sites for hydroxylation is 2. The molecule has 0 aromatic carbocycles. The van der Waals surface area contributed by atoms with E-state index in [9.17, 15) is 9.59 Å². The van der Waals surface area contributed by atoms with Crippen molar-refractivity contribution in [2.75, 3.05) is 5.32 Å². The number of unbranched alkanes of at least 4 members (excludes halogenated alkanes) is 1. The van der Waals surface area contributed by atoms with Gasteiger partial charge in [-0.15, -0.1) is 11.3 Å². The first-order valence-corrected chi connectivity index (χ1v) is 9.65. The van der Waals surface area contributed by atoms with E-state index in [1.54, 1.807) is 0 Å². The van der Waals surface area contributed by atoms with Crippen LogP contribution in [0.1, 0.15) is 52.9 Å². The number of nitrogens with two attached hydrogens (primary N) is 1. The standard InChI is InChI=1S/C19H23N3O2S.BrH/c20-18(24)17-14-8-2-3-9-15(14)25-19(17)21-16(23)10-4-7-13-22-11-5-1-6-12-22;/h1,5-6,11-12H,2-4,7-10,13H2,(H2-,20,21,23,24);1H. The second kappa shape index (κ2) is 9.83. The normalized spacial score (nSPS) is 12.8. The molecular formula is C19H24BrN3O2S. The van der Waals surface area contributed by atoms with Crippen molar-refractivity contribution in [1.82, 2.24) is 0 Å². The molecule has 1 aliphatic carbocycles. The maximum absolute atomic E-state index is 12.2. The van der Waals surface area contributed by atoms with Gasteiger partial charge in [-0.05, 0) is 37.7 Å². The molecule has 26 heavy (non-hydrogen) atoms. The summed E-state index contributed by atoms with van der Waals surface area (Å²) in [4.78, 5) is 25.3. The summed E-state index contributed by atoms with van der Waals surface area (Å²) < 4.78 is 2.11. The maximum Gasteiger partial charge on any atom is 0.251 e. The number of anilines is 1. The molecule has 1 aliphatic rings. The lowest BCUT2D eigenvalue weighted by atomic mass is 9.95. The van der Waals surface area contributed by atoms with E-state index in [1.807, 2.05) is 30.6 Å². The van der Waals surface area contributed by atoms with E-state index in [2.05, 4.69) is 9.88 Å². The Morgan fingerprint density at radius 1 is 1.12 bits per heavy atom. The third-order valence-electron chi connectivity index (χ3n) is 4.52. The van der Waals surface area contributed by atoms with Crippen LogP contribution in [0.3, 0.4) is 0 Å². The van der Waals surface area contributed by atoms with Crippen LogP contribution in [0.4, 0.5) is 5.00 Å². The van der Waals surface area contributed by atoms with Gasteiger partial charge in [0, 0.05) is 29.9 Å². The molecule has 2 amide bonds. The lowest BCUT2D eigenvalue weighted by Crippen LogP contribution is -3.00. The van der Waals surface area contributed by atoms with Crippen molar-refractivity contribution in [3.05, 3.63) is 46.6 Å². The van der Waals surface area contributed by atoms with Gasteiger partial charge >= 0.3 is 0 Å². The Morgan fingerprint density at radius 2 is 1.85 bits per heavy atom. The molecule has 3 rings (SSSR count). The molecule has 3 N–H and O–H groups in total. The van der Waals surface area contributed by atoms with Crippen molar-refractivity contribution >= 4 is 28.2 Å². The van der Waals surface area contributed by atoms with Crippen molar-refractivity contribution < 1.29 is 31.1 Å². The summed E-state index contributed by atoms with van der Waals surface area (Å²) >= 11 is 1.52. The number of carbonyl (C=O) groups is 2. The van der Waals surface area contributed by atoms with Crippen LogP contribution in [-0.2, 0) is 24.2 Å². The van der Waals surface area contributed by atoms with Gasteiger partial charge in [0.15, 0.2) is 12.4 Å². The molecule has 0 radical (unpaired) electrons. The number of aromatic nitrogens is 1. The average molecular weight is 438 g/mol. The Hall–Kier alpha value is -1.73. The number of rotatable bonds is 7. The molecule has 0 fully saturated rings. The summed E-state index contributed by atoms with van der Waals surface area (Å²) in [5.41, 5.74) is 7.15. The van der Waals surface area contributed by atoms with Gasteiger partial charge in [-0.25, -0.2) is 4.57 Å². The van der Waals surface area contributed by atoms with Crippen molar-refractivity contribution in [2.24, 2.45) is 5.73 Å². The van der Waals surface area contributed by atoms with Gasteiger partial charge in [0.05, 0.1) is 5.56 Å². The minimum Gasteiger partial charge on any atom is -1.00 e. The van der Waals surface area contributed by atoms with E-state index in [4.69, 9.17) is 5.73 Å². The number of carbonyl (C=O) groups excluding carboxylic acids is 2. The lowest BCUT2D eigenvalue weighted by Gasteiger charge is -2.11. The smallest absolute Gasteiger partial charge is 0.251 e. The van der Waals surface area contributed by atoms with Crippen LogP contribution in [0, 0.1) is 0 Å². The summed E-state index contributed by atoms with van der Waals surface area (Å²) in [6.45, 7) is 0.897. The minimum absolute atomic E-state index is 0. The highest BCUT2D eigenvalue weighted by Crippen LogP contribution is 2.37. The van der Waals surface area contributed by atoms with Gasteiger partial charge in [0.2, 0.25) is 5.91 Å². The summed E-state index contributed by atoms with van der Waals surface area (Å²) in [7, 11) is 0. The van der Waals surface area contributed by atoms with Gasteiger partial charge in [0.1, 0.15) is 11.5 Å². The summed E-state index contributed by atoms with van der Waals surface area (Å²) in [5.74, 6) is -0.477. The van der Waals surface area contributed by atoms with Crippen LogP contribution in [0.25, 0.3) is 0 Å². The van der Waals surface area contributed by atoms with Gasteiger partial charge < -0.3 is 28.0 Å². The van der Waals surface area contributed by atoms with Crippen LogP contribution in [0.15, 0.2) is 30.6 Å². The zero-order valence-corrected chi connectivity index (χ0v) is 17.1. The van der Waals surface area contributed by atoms with Crippen LogP contribution in [-0.4, -0.2) is 11.8 Å². The molecule has 0 aliphatic heterocycles. The largest absolute Gasteiger partial charge is 1.00 e. The van der Waals surface area contributed by atoms with Crippen LogP contribution < -0.4 is 32.6 Å². The van der Waals surface area contributed by atoms with Crippen molar-refractivity contribution in [1.29, 1.82) is 0 Å². The Kier molecular flexibility index (Phi) is 7.78. The monoisotopic (exact) mass is 437 g/mol. The van der Waals surface area contributed by atoms with E-state index >= 15 is 0 Å². The third kappa shape index (κ3) is 5.14. The van der Waals surface area contributed by atoms with Crippen molar-refractivity contribution in [3.8, 4) is 0 Å². The molecule has 0 saturated carbocycles. The second-order valence-corrected chi connectivity index (χ2v) is 7.50. The first kappa shape index (κ1) is 20.6. The molecule has 140 valence electrons. The van der Waals surface area contributed by atoms with E-state index in [1.165, 1.54) is 16.2 Å². The first-order valence-electron chi connectivity index (χ1n) is 8.83. The highest BCUT2D eigenvalue weighted by Gasteiger charge is 2.24. The Morgan fingerprint density at radius 3 is 2.58 bits per heavy atom. The Bertz CT molecular complexity index is 762. The fraction of sp³-hybridized carbons (Fsp3) is 0.421. The lowest BCUT2D eigenvalue weighted by molar-refractivity contribution is -0.697. The zero-order valence-electron chi connectivity index (χ0n) is 14.7. The van der Waals surface area contributed by atoms with Crippen LogP contribution in [0.2, 0.25) is 0 Å². The summed E-state index contributed by atoms with van der Waals surface area (Å²) in [6, 6.07) is 5.98. The summed E-state index contributed by atoms with van der Waals surface area (Å²) in [5, 5.41) is 3.56. The van der Waals surface area contributed by atoms with Crippen LogP contribution >= 0.6 is 11.3 Å². The number of hydrogen-bond acceptors (Lipinski definition) is 3. The molecule has 2 aromatic heterocycles. The highest BCUT2D eigenvalue weighted by molar-refractivity contribution is 7.17. The minimum atomic E-state index is -0.435. The van der Waals surface area contributed by atoms with Gasteiger partial charge in [-0.2, -0.15) is 0 Å². The van der Waals surface area contributed by atoms with E-state index in [0.717, 1.165) is 50.6 Å². The molecule has 2 heterocycles. The number of thiophene rings is 1. The number of hydrogen-bond donors (Lipinski definition) is 2. The number of halogens is 1. The molecule has 0 atom stereocenters. The fourth-order valence-electron chi connectivity index (χ4n) is 3.27. The number of nitrogens with one attached hydrogen (secondary N) is 1. The zero-order chi connectivity index (χ0) is 17.6. The number of nitrogens with zero attached hydrogens (tertiary/aromatic N) is 1. The highest BCUT2D eigenvalue weighted by atomic mass is 79.9. The average Bonchev–Trinajstić information content (AvgIpc) is 2.97. The molecular weight excluding hydrogens is 414 g/mol. The number of fused-ring (bicyclic) bond motifs is 1. The van der Waals surface area contributed by atoms with Crippen molar-refractivity contribution in [2.45, 2.75) is 51.5 Å². The number of amides is 2. The quantitative estimate of drug-likeness (QED) is 0.465. The van der Waals surface area contributed by atoms with E-state index in [0.29, 0.717) is 17.0 Å². The van der Waals surface area contributed by atoms with Crippen LogP contribution in [0.5, 0.6) is 0 Å². The molecule has 0 saturated heterocycles. The third-order valence-corrected chi connectivity index (χ3v) is 5.73. The SMILES string of the molecule is NC(=O)c1c(NC(=O)CCCC[n+]2ccccc2)sc2c1CCCC2.[Br-]. The predicted molar refractivity (Wildman–Crippen MR) is 98.6 cm³/mol. The molecule has 0 unspecified atom stereocenters. The van der Waals surface area contributed by atoms with E-state index < -0.39 is 5.91 Å². The molecule has 0 spiro atoms. The van der Waals surface area contributed by atoms with Gasteiger partial charge in [0.25, 0.3) is 5.91 Å². The molecule has 0 bridgehead atoms. The van der Waals surface area contributed by atoms with Gasteiger partial charge in [-0.3, -0.25) is 9.59 Å². The Labute approximate surface area is 168 Å². The maximum atomic E-state index is 12.2. The molecule has 7 heteroatoms. The second-order valence-electron chi connectivity index (χ2n) is 6.40. The van der Waals surface area contributed by atoms with Crippen molar-refractivity contribution in [3.63, 3.8) is 0 Å². The molecule has 5 nitrogen and oxygen atoms in total. The van der Waals surface area contributed by atoms with Gasteiger partial charge in [-0.1, -0.05) is 6.07 Å². The fourth-order valence-corrected chi connectivity index (χ4v) is 4.58. The summed E-state index contributed by atoms with van der Waals surface area (Å²) in [6.07, 6.45) is 10.3. The molecule has 2 aromatic rings. The topological polar surface area (TPSA) is 76.1 Å². The number of primary amides is 1. The van der Waals surface area contributed by atoms with E-state index in [-0.39, 0.29) is 22.9 Å². The first-order chi connectivity index (χ1) is 12.1.